The van der Waals surface area contributed by atoms with E-state index in [1.54, 1.807) is 17.5 Å². The van der Waals surface area contributed by atoms with E-state index in [-0.39, 0.29) is 18.1 Å². The maximum atomic E-state index is 12.9. The van der Waals surface area contributed by atoms with Crippen LogP contribution in [-0.2, 0) is 22.6 Å². The normalized spacial score (nSPS) is 11.5. The van der Waals surface area contributed by atoms with Crippen LogP contribution in [0.3, 0.4) is 0 Å². The van der Waals surface area contributed by atoms with Gasteiger partial charge in [-0.3, -0.25) is 4.79 Å². The van der Waals surface area contributed by atoms with Gasteiger partial charge in [-0.25, -0.2) is 14.2 Å². The van der Waals surface area contributed by atoms with Gasteiger partial charge in [-0.05, 0) is 30.2 Å². The number of nitrogens with zero attached hydrogens (tertiary/aromatic N) is 1. The van der Waals surface area contributed by atoms with Crippen LogP contribution >= 0.6 is 11.3 Å². The molecule has 1 heterocycles. The van der Waals surface area contributed by atoms with Crippen LogP contribution in [0.4, 0.5) is 9.52 Å². The smallest absolute Gasteiger partial charge is 0.358 e. The van der Waals surface area contributed by atoms with Gasteiger partial charge in [-0.2, -0.15) is 0 Å². The summed E-state index contributed by atoms with van der Waals surface area (Å²) >= 11 is 1.29. The van der Waals surface area contributed by atoms with Gasteiger partial charge >= 0.3 is 5.97 Å². The van der Waals surface area contributed by atoms with Crippen LogP contribution in [0.5, 0.6) is 0 Å². The van der Waals surface area contributed by atoms with Crippen molar-refractivity contribution in [3.05, 3.63) is 82.6 Å². The second-order valence-corrected chi connectivity index (χ2v) is 7.13. The Hall–Kier alpha value is -3.26. The number of thiazole rings is 1. The molecule has 150 valence electrons. The number of esters is 1. The molecule has 0 aliphatic carbocycles. The van der Waals surface area contributed by atoms with Gasteiger partial charge in [0.05, 0.1) is 0 Å². The summed E-state index contributed by atoms with van der Waals surface area (Å²) in [6.45, 7) is 2.29. The predicted octanol–water partition coefficient (Wildman–Crippen LogP) is 3.76. The van der Waals surface area contributed by atoms with E-state index in [1.807, 2.05) is 30.3 Å². The van der Waals surface area contributed by atoms with Crippen LogP contribution < -0.4 is 10.6 Å². The van der Waals surface area contributed by atoms with Gasteiger partial charge in [0.25, 0.3) is 5.91 Å². The van der Waals surface area contributed by atoms with Gasteiger partial charge in [0.2, 0.25) is 0 Å². The largest absolute Gasteiger partial charge is 0.448 e. The first kappa shape index (κ1) is 20.5. The Kier molecular flexibility index (Phi) is 6.91. The van der Waals surface area contributed by atoms with Crippen LogP contribution in [0.2, 0.25) is 0 Å². The first-order chi connectivity index (χ1) is 14.0. The number of aromatic nitrogens is 1. The van der Waals surface area contributed by atoms with Crippen molar-refractivity contribution in [3.8, 4) is 0 Å². The molecule has 0 saturated heterocycles. The number of nitrogens with one attached hydrogen (secondary N) is 2. The van der Waals surface area contributed by atoms with Gasteiger partial charge in [0, 0.05) is 18.5 Å². The molecule has 0 radical (unpaired) electrons. The Labute approximate surface area is 171 Å². The molecule has 0 saturated carbocycles. The van der Waals surface area contributed by atoms with Crippen LogP contribution in [0.1, 0.15) is 28.5 Å². The molecule has 0 aliphatic rings. The predicted molar refractivity (Wildman–Crippen MR) is 109 cm³/mol. The molecule has 3 aromatic rings. The number of ether oxygens (including phenoxy) is 1. The fourth-order valence-electron chi connectivity index (χ4n) is 2.43. The number of amides is 1. The number of carbonyl (C=O) groups is 2. The summed E-state index contributed by atoms with van der Waals surface area (Å²) in [4.78, 5) is 28.6. The summed E-state index contributed by atoms with van der Waals surface area (Å²) < 4.78 is 18.1. The second kappa shape index (κ2) is 9.79. The second-order valence-electron chi connectivity index (χ2n) is 6.27. The fraction of sp³-hybridized carbons (Fsp3) is 0.190. The number of rotatable bonds is 8. The van der Waals surface area contributed by atoms with E-state index in [1.165, 1.54) is 30.4 Å². The van der Waals surface area contributed by atoms with Gasteiger partial charge in [-0.15, -0.1) is 11.3 Å². The van der Waals surface area contributed by atoms with Gasteiger partial charge in [-0.1, -0.05) is 42.5 Å². The van der Waals surface area contributed by atoms with Crippen LogP contribution in [0, 0.1) is 5.82 Å². The monoisotopic (exact) mass is 413 g/mol. The van der Waals surface area contributed by atoms with Crippen molar-refractivity contribution < 1.29 is 18.7 Å². The molecule has 0 fully saturated rings. The van der Waals surface area contributed by atoms with E-state index in [2.05, 4.69) is 15.6 Å². The third kappa shape index (κ3) is 6.11. The molecule has 29 heavy (non-hydrogen) atoms. The highest BCUT2D eigenvalue weighted by Gasteiger charge is 2.20. The number of benzene rings is 2. The zero-order valence-electron chi connectivity index (χ0n) is 15.7. The third-order valence-electron chi connectivity index (χ3n) is 4.03. The Morgan fingerprint density at radius 1 is 1.07 bits per heavy atom. The highest BCUT2D eigenvalue weighted by atomic mass is 32.1. The Morgan fingerprint density at radius 2 is 1.76 bits per heavy atom. The maximum Gasteiger partial charge on any atom is 0.358 e. The van der Waals surface area contributed by atoms with Gasteiger partial charge in [0.1, 0.15) is 5.82 Å². The van der Waals surface area contributed by atoms with E-state index < -0.39 is 18.0 Å². The average Bonchev–Trinajstić information content (AvgIpc) is 3.21. The zero-order valence-corrected chi connectivity index (χ0v) is 16.5. The van der Waals surface area contributed by atoms with Crippen molar-refractivity contribution in [2.24, 2.45) is 0 Å². The summed E-state index contributed by atoms with van der Waals surface area (Å²) in [6.07, 6.45) is -0.981. The molecule has 6 nitrogen and oxygen atoms in total. The van der Waals surface area contributed by atoms with Crippen molar-refractivity contribution in [1.29, 1.82) is 0 Å². The number of hydrogen-bond donors (Lipinski definition) is 2. The molecule has 1 amide bonds. The molecule has 3 rings (SSSR count). The van der Waals surface area contributed by atoms with Crippen LogP contribution in [-0.4, -0.2) is 23.0 Å². The number of hydrogen-bond acceptors (Lipinski definition) is 6. The Balaban J connectivity index is 1.47. The van der Waals surface area contributed by atoms with Crippen molar-refractivity contribution in [3.63, 3.8) is 0 Å². The van der Waals surface area contributed by atoms with E-state index in [9.17, 15) is 14.0 Å². The molecule has 1 atom stereocenters. The lowest BCUT2D eigenvalue weighted by atomic mass is 10.2. The molecule has 2 N–H and O–H groups in total. The Bertz CT molecular complexity index is 961. The lowest BCUT2D eigenvalue weighted by molar-refractivity contribution is -0.129. The minimum Gasteiger partial charge on any atom is -0.448 e. The van der Waals surface area contributed by atoms with Crippen molar-refractivity contribution in [2.45, 2.75) is 26.1 Å². The topological polar surface area (TPSA) is 80.3 Å². The van der Waals surface area contributed by atoms with E-state index in [4.69, 9.17) is 4.74 Å². The fourth-order valence-corrected chi connectivity index (χ4v) is 3.11. The molecule has 1 aromatic heterocycles. The third-order valence-corrected chi connectivity index (χ3v) is 4.83. The molecule has 0 aliphatic heterocycles. The summed E-state index contributed by atoms with van der Waals surface area (Å²) in [6, 6.07) is 15.6. The van der Waals surface area contributed by atoms with Crippen LogP contribution in [0.25, 0.3) is 0 Å². The van der Waals surface area contributed by atoms with Crippen LogP contribution in [0.15, 0.2) is 60.0 Å². The molecule has 8 heteroatoms. The zero-order chi connectivity index (χ0) is 20.6. The SMILES string of the molecule is C[C@H](OC(=O)c1csc(NCc2ccccc2)n1)C(=O)NCc1ccc(F)cc1. The number of anilines is 1. The first-order valence-corrected chi connectivity index (χ1v) is 9.85. The molecular formula is C21H20FN3O3S. The lowest BCUT2D eigenvalue weighted by Crippen LogP contribution is -2.35. The summed E-state index contributed by atoms with van der Waals surface area (Å²) in [5.41, 5.74) is 1.98. The van der Waals surface area contributed by atoms with Crippen molar-refractivity contribution in [1.82, 2.24) is 10.3 Å². The Morgan fingerprint density at radius 3 is 2.48 bits per heavy atom. The molecular weight excluding hydrogens is 393 g/mol. The molecule has 0 unspecified atom stereocenters. The quantitative estimate of drug-likeness (QED) is 0.550. The van der Waals surface area contributed by atoms with Crippen molar-refractivity contribution in [2.75, 3.05) is 5.32 Å². The number of halogens is 1. The standard InChI is InChI=1S/C21H20FN3O3S/c1-14(19(26)23-11-16-7-9-17(22)10-8-16)28-20(27)18-13-29-21(25-18)24-12-15-5-3-2-4-6-15/h2-10,13-14H,11-12H2,1H3,(H,23,26)(H,24,25)/t14-/m0/s1. The van der Waals surface area contributed by atoms with Gasteiger partial charge in [0.15, 0.2) is 16.9 Å². The lowest BCUT2D eigenvalue weighted by Gasteiger charge is -2.12. The minimum atomic E-state index is -0.981. The summed E-state index contributed by atoms with van der Waals surface area (Å²) in [7, 11) is 0. The first-order valence-electron chi connectivity index (χ1n) is 8.98. The van der Waals surface area contributed by atoms with E-state index >= 15 is 0 Å². The van der Waals surface area contributed by atoms with E-state index in [0.29, 0.717) is 11.7 Å². The molecule has 2 aromatic carbocycles. The molecule has 0 spiro atoms. The van der Waals surface area contributed by atoms with E-state index in [0.717, 1.165) is 11.1 Å². The molecule has 0 bridgehead atoms. The summed E-state index contributed by atoms with van der Waals surface area (Å²) in [5.74, 6) is -1.46. The van der Waals surface area contributed by atoms with Crippen molar-refractivity contribution >= 4 is 28.3 Å². The van der Waals surface area contributed by atoms with Gasteiger partial charge < -0.3 is 15.4 Å². The minimum absolute atomic E-state index is 0.142. The highest BCUT2D eigenvalue weighted by molar-refractivity contribution is 7.13. The number of carbonyl (C=O) groups excluding carboxylic acids is 2. The summed E-state index contributed by atoms with van der Waals surface area (Å²) in [5, 5.41) is 7.97. The maximum absolute atomic E-state index is 12.9. The highest BCUT2D eigenvalue weighted by Crippen LogP contribution is 2.17. The average molecular weight is 413 g/mol.